The van der Waals surface area contributed by atoms with Gasteiger partial charge in [-0.25, -0.2) is 9.97 Å². The first-order chi connectivity index (χ1) is 11.8. The van der Waals surface area contributed by atoms with Crippen molar-refractivity contribution in [3.63, 3.8) is 0 Å². The van der Waals surface area contributed by atoms with Crippen LogP contribution < -0.4 is 15.8 Å². The molecule has 1 amide bonds. The lowest BCUT2D eigenvalue weighted by Gasteiger charge is -2.16. The minimum Gasteiger partial charge on any atom is -0.487 e. The first-order valence-electron chi connectivity index (χ1n) is 8.16. The fourth-order valence-corrected chi connectivity index (χ4v) is 2.93. The monoisotopic (exact) mass is 406 g/mol. The van der Waals surface area contributed by atoms with Gasteiger partial charge in [-0.3, -0.25) is 4.79 Å². The highest BCUT2D eigenvalue weighted by Crippen LogP contribution is 2.30. The van der Waals surface area contributed by atoms with Crippen molar-refractivity contribution in [2.24, 2.45) is 0 Å². The molecule has 0 bridgehead atoms. The average Bonchev–Trinajstić information content (AvgIpc) is 2.53. The predicted molar refractivity (Wildman–Crippen MR) is 102 cm³/mol. The molecule has 0 saturated carbocycles. The van der Waals surface area contributed by atoms with Gasteiger partial charge in [0.15, 0.2) is 0 Å². The van der Waals surface area contributed by atoms with Crippen LogP contribution in [0.2, 0.25) is 0 Å². The maximum absolute atomic E-state index is 12.3. The molecule has 0 aliphatic carbocycles. The largest absolute Gasteiger partial charge is 0.487 e. The molecule has 7 heteroatoms. The van der Waals surface area contributed by atoms with Crippen LogP contribution in [0.15, 0.2) is 22.7 Å². The van der Waals surface area contributed by atoms with Crippen LogP contribution in [-0.4, -0.2) is 22.4 Å². The minimum absolute atomic E-state index is 0.129. The summed E-state index contributed by atoms with van der Waals surface area (Å²) in [6, 6.07) is 5.86. The molecule has 6 nitrogen and oxygen atoms in total. The lowest BCUT2D eigenvalue weighted by atomic mass is 10.0. The number of hydrogen-bond acceptors (Lipinski definition) is 5. The second-order valence-corrected chi connectivity index (χ2v) is 6.89. The van der Waals surface area contributed by atoms with Crippen molar-refractivity contribution in [3.05, 3.63) is 45.2 Å². The van der Waals surface area contributed by atoms with Crippen LogP contribution in [0.3, 0.4) is 0 Å². The molecule has 1 heterocycles. The summed E-state index contributed by atoms with van der Waals surface area (Å²) in [6.45, 7) is 8.46. The molecule has 2 rings (SSSR count). The number of nitrogens with zero attached hydrogens (tertiary/aromatic N) is 2. The number of nitrogen functional groups attached to an aromatic ring is 1. The summed E-state index contributed by atoms with van der Waals surface area (Å²) in [5.74, 6) is 0.963. The van der Waals surface area contributed by atoms with Crippen LogP contribution in [0, 0.1) is 6.92 Å². The van der Waals surface area contributed by atoms with Crippen LogP contribution in [0.25, 0.3) is 0 Å². The van der Waals surface area contributed by atoms with Crippen molar-refractivity contribution in [2.75, 3.05) is 12.3 Å². The van der Waals surface area contributed by atoms with E-state index < -0.39 is 0 Å². The van der Waals surface area contributed by atoms with Crippen LogP contribution in [0.1, 0.15) is 54.0 Å². The van der Waals surface area contributed by atoms with Crippen LogP contribution in [0.4, 0.5) is 5.95 Å². The minimum atomic E-state index is -0.224. The highest BCUT2D eigenvalue weighted by atomic mass is 79.9. The van der Waals surface area contributed by atoms with E-state index in [4.69, 9.17) is 10.5 Å². The number of anilines is 1. The second-order valence-electron chi connectivity index (χ2n) is 5.97. The van der Waals surface area contributed by atoms with E-state index >= 15 is 0 Å². The van der Waals surface area contributed by atoms with Crippen molar-refractivity contribution >= 4 is 27.8 Å². The maximum atomic E-state index is 12.3. The van der Waals surface area contributed by atoms with Gasteiger partial charge in [0.05, 0.1) is 17.0 Å². The Morgan fingerprint density at radius 3 is 2.72 bits per heavy atom. The number of carbonyl (C=O) groups excluding carboxylic acids is 1. The number of rotatable bonds is 6. The third-order valence-corrected chi connectivity index (χ3v) is 4.20. The lowest BCUT2D eigenvalue weighted by molar-refractivity contribution is 0.0951. The number of carbonyl (C=O) groups is 1. The third-order valence-electron chi connectivity index (χ3n) is 3.70. The summed E-state index contributed by atoms with van der Waals surface area (Å²) < 4.78 is 6.97. The Labute approximate surface area is 156 Å². The molecular formula is C18H23BrN4O2. The highest BCUT2D eigenvalue weighted by Gasteiger charge is 2.19. The summed E-state index contributed by atoms with van der Waals surface area (Å²) in [5.41, 5.74) is 8.27. The molecule has 0 atom stereocenters. The van der Waals surface area contributed by atoms with Crippen LogP contribution in [-0.2, 0) is 6.61 Å². The molecule has 0 unspecified atom stereocenters. The Bertz CT molecular complexity index is 778. The normalized spacial score (nSPS) is 10.8. The van der Waals surface area contributed by atoms with Crippen molar-refractivity contribution in [1.82, 2.24) is 15.3 Å². The Morgan fingerprint density at radius 2 is 2.08 bits per heavy atom. The summed E-state index contributed by atoms with van der Waals surface area (Å²) in [4.78, 5) is 20.6. The molecule has 0 radical (unpaired) electrons. The molecule has 25 heavy (non-hydrogen) atoms. The van der Waals surface area contributed by atoms with Crippen LogP contribution >= 0.6 is 15.9 Å². The summed E-state index contributed by atoms with van der Waals surface area (Å²) in [6.07, 6.45) is 0. The van der Waals surface area contributed by atoms with Crippen molar-refractivity contribution < 1.29 is 9.53 Å². The van der Waals surface area contributed by atoms with Gasteiger partial charge in [0.1, 0.15) is 12.4 Å². The zero-order valence-corrected chi connectivity index (χ0v) is 16.5. The number of aryl methyl sites for hydroxylation is 1. The molecule has 134 valence electrons. The van der Waals surface area contributed by atoms with E-state index in [1.165, 1.54) is 0 Å². The van der Waals surface area contributed by atoms with Gasteiger partial charge in [0, 0.05) is 11.0 Å². The number of halogens is 1. The number of nitrogens with two attached hydrogens (primary N) is 1. The quantitative estimate of drug-likeness (QED) is 0.764. The van der Waals surface area contributed by atoms with E-state index in [0.717, 1.165) is 15.8 Å². The zero-order valence-electron chi connectivity index (χ0n) is 14.9. The van der Waals surface area contributed by atoms with Gasteiger partial charge in [-0.15, -0.1) is 0 Å². The standard InChI is InChI=1S/C18H23BrN4O2/c1-5-21-17(24)16-11(4)22-18(20)23-14(16)9-25-15-7-6-12(19)8-13(15)10(2)3/h6-8,10H,5,9H2,1-4H3,(H,21,24)(H2,20,22,23). The van der Waals surface area contributed by atoms with E-state index in [0.29, 0.717) is 29.4 Å². The Balaban J connectivity index is 2.34. The first-order valence-corrected chi connectivity index (χ1v) is 8.96. The van der Waals surface area contributed by atoms with Crippen molar-refractivity contribution in [2.45, 2.75) is 40.2 Å². The van der Waals surface area contributed by atoms with Gasteiger partial charge in [0.25, 0.3) is 5.91 Å². The van der Waals surface area contributed by atoms with Gasteiger partial charge < -0.3 is 15.8 Å². The van der Waals surface area contributed by atoms with Gasteiger partial charge >= 0.3 is 0 Å². The maximum Gasteiger partial charge on any atom is 0.255 e. The van der Waals surface area contributed by atoms with Crippen LogP contribution in [0.5, 0.6) is 5.75 Å². The average molecular weight is 407 g/mol. The molecular weight excluding hydrogens is 384 g/mol. The van der Waals surface area contributed by atoms with E-state index in [2.05, 4.69) is 45.1 Å². The SMILES string of the molecule is CCNC(=O)c1c(C)nc(N)nc1COc1ccc(Br)cc1C(C)C. The van der Waals surface area contributed by atoms with E-state index in [-0.39, 0.29) is 18.5 Å². The van der Waals surface area contributed by atoms with Gasteiger partial charge in [-0.1, -0.05) is 29.8 Å². The Hall–Kier alpha value is -2.15. The van der Waals surface area contributed by atoms with Crippen molar-refractivity contribution in [1.29, 1.82) is 0 Å². The molecule has 0 spiro atoms. The molecule has 1 aromatic heterocycles. The fourth-order valence-electron chi connectivity index (χ4n) is 2.55. The molecule has 3 N–H and O–H groups in total. The smallest absolute Gasteiger partial charge is 0.255 e. The number of ether oxygens (including phenoxy) is 1. The number of amides is 1. The summed E-state index contributed by atoms with van der Waals surface area (Å²) in [7, 11) is 0. The Morgan fingerprint density at radius 1 is 1.36 bits per heavy atom. The number of hydrogen-bond donors (Lipinski definition) is 2. The fraction of sp³-hybridized carbons (Fsp3) is 0.389. The van der Waals surface area contributed by atoms with E-state index in [9.17, 15) is 4.79 Å². The zero-order chi connectivity index (χ0) is 18.6. The molecule has 1 aromatic carbocycles. The molecule has 0 fully saturated rings. The summed E-state index contributed by atoms with van der Waals surface area (Å²) >= 11 is 3.48. The van der Waals surface area contributed by atoms with Gasteiger partial charge in [-0.2, -0.15) is 0 Å². The molecule has 0 aliphatic heterocycles. The molecule has 0 saturated heterocycles. The Kier molecular flexibility index (Phi) is 6.36. The number of benzene rings is 1. The number of nitrogens with one attached hydrogen (secondary N) is 1. The second kappa shape index (κ2) is 8.29. The first kappa shape index (κ1) is 19.2. The third kappa shape index (κ3) is 4.69. The predicted octanol–water partition coefficient (Wildman–Crippen LogP) is 3.58. The van der Waals surface area contributed by atoms with E-state index in [1.54, 1.807) is 6.92 Å². The summed E-state index contributed by atoms with van der Waals surface area (Å²) in [5, 5.41) is 2.78. The van der Waals surface area contributed by atoms with E-state index in [1.807, 2.05) is 25.1 Å². The van der Waals surface area contributed by atoms with Gasteiger partial charge in [-0.05, 0) is 43.5 Å². The highest BCUT2D eigenvalue weighted by molar-refractivity contribution is 9.10. The number of aromatic nitrogens is 2. The van der Waals surface area contributed by atoms with Crippen molar-refractivity contribution in [3.8, 4) is 5.75 Å². The molecule has 0 aliphatic rings. The molecule has 2 aromatic rings. The van der Waals surface area contributed by atoms with Gasteiger partial charge in [0.2, 0.25) is 5.95 Å². The topological polar surface area (TPSA) is 90.1 Å². The lowest BCUT2D eigenvalue weighted by Crippen LogP contribution is -2.26.